The fraction of sp³-hybridized carbons (Fsp3) is 0.625. The van der Waals surface area contributed by atoms with Gasteiger partial charge in [-0.3, -0.25) is 4.90 Å². The largest absolute Gasteiger partial charge is 0.317 e. The van der Waals surface area contributed by atoms with Gasteiger partial charge in [-0.25, -0.2) is 4.39 Å². The second kappa shape index (κ2) is 8.60. The van der Waals surface area contributed by atoms with Crippen molar-refractivity contribution in [2.24, 2.45) is 5.92 Å². The predicted molar refractivity (Wildman–Crippen MR) is 84.9 cm³/mol. The molecule has 1 aliphatic rings. The summed E-state index contributed by atoms with van der Waals surface area (Å²) < 4.78 is 13.0. The molecule has 114 valence electrons. The molecular formula is C16H26ClFN2. The lowest BCUT2D eigenvalue weighted by Crippen LogP contribution is -2.37. The van der Waals surface area contributed by atoms with E-state index in [-0.39, 0.29) is 18.2 Å². The van der Waals surface area contributed by atoms with Gasteiger partial charge < -0.3 is 5.32 Å². The highest BCUT2D eigenvalue weighted by Crippen LogP contribution is 2.23. The molecule has 1 atom stereocenters. The van der Waals surface area contributed by atoms with Crippen molar-refractivity contribution in [3.8, 4) is 0 Å². The lowest BCUT2D eigenvalue weighted by Gasteiger charge is -2.33. The van der Waals surface area contributed by atoms with E-state index in [2.05, 4.69) is 24.1 Å². The van der Waals surface area contributed by atoms with Crippen molar-refractivity contribution in [1.29, 1.82) is 0 Å². The number of nitrogens with zero attached hydrogens (tertiary/aromatic N) is 1. The Labute approximate surface area is 128 Å². The van der Waals surface area contributed by atoms with E-state index in [9.17, 15) is 4.39 Å². The molecule has 20 heavy (non-hydrogen) atoms. The molecule has 2 nitrogen and oxygen atoms in total. The molecular weight excluding hydrogens is 275 g/mol. The summed E-state index contributed by atoms with van der Waals surface area (Å²) in [4.78, 5) is 2.50. The van der Waals surface area contributed by atoms with Crippen LogP contribution >= 0.6 is 12.4 Å². The minimum absolute atomic E-state index is 0. The highest BCUT2D eigenvalue weighted by atomic mass is 35.5. The van der Waals surface area contributed by atoms with Gasteiger partial charge in [0.05, 0.1) is 0 Å². The first-order valence-electron chi connectivity index (χ1n) is 7.41. The zero-order chi connectivity index (χ0) is 13.7. The Morgan fingerprint density at radius 2 is 1.85 bits per heavy atom. The Morgan fingerprint density at radius 1 is 1.25 bits per heavy atom. The van der Waals surface area contributed by atoms with Gasteiger partial charge in [0.25, 0.3) is 0 Å². The predicted octanol–water partition coefficient (Wildman–Crippen LogP) is 3.63. The Hall–Kier alpha value is -0.640. The van der Waals surface area contributed by atoms with Crippen LogP contribution in [0.3, 0.4) is 0 Å². The van der Waals surface area contributed by atoms with Crippen molar-refractivity contribution >= 4 is 12.4 Å². The second-order valence-electron chi connectivity index (χ2n) is 5.51. The molecule has 1 aromatic rings. The summed E-state index contributed by atoms with van der Waals surface area (Å²) in [5, 5.41) is 3.41. The highest BCUT2D eigenvalue weighted by Gasteiger charge is 2.20. The van der Waals surface area contributed by atoms with Crippen LogP contribution in [-0.4, -0.2) is 31.1 Å². The molecule has 1 fully saturated rings. The zero-order valence-electron chi connectivity index (χ0n) is 12.4. The first kappa shape index (κ1) is 17.4. The van der Waals surface area contributed by atoms with E-state index >= 15 is 0 Å². The monoisotopic (exact) mass is 300 g/mol. The average molecular weight is 301 g/mol. The van der Waals surface area contributed by atoms with Crippen LogP contribution in [0.2, 0.25) is 0 Å². The quantitative estimate of drug-likeness (QED) is 0.893. The van der Waals surface area contributed by atoms with Crippen LogP contribution in [0, 0.1) is 11.7 Å². The van der Waals surface area contributed by atoms with E-state index in [1.165, 1.54) is 18.4 Å². The third-order valence-corrected chi connectivity index (χ3v) is 4.26. The van der Waals surface area contributed by atoms with Gasteiger partial charge in [-0.1, -0.05) is 19.1 Å². The normalized spacial score (nSPS) is 17.8. The number of hydrogen-bond donors (Lipinski definition) is 1. The molecule has 0 aliphatic carbocycles. The smallest absolute Gasteiger partial charge is 0.123 e. The van der Waals surface area contributed by atoms with Crippen molar-refractivity contribution in [1.82, 2.24) is 10.2 Å². The fourth-order valence-electron chi connectivity index (χ4n) is 2.91. The first-order chi connectivity index (χ1) is 9.20. The third kappa shape index (κ3) is 4.72. The molecule has 1 saturated heterocycles. The van der Waals surface area contributed by atoms with E-state index in [4.69, 9.17) is 0 Å². The summed E-state index contributed by atoms with van der Waals surface area (Å²) in [6.07, 6.45) is 2.54. The zero-order valence-corrected chi connectivity index (χ0v) is 13.3. The van der Waals surface area contributed by atoms with Gasteiger partial charge in [-0.05, 0) is 63.0 Å². The van der Waals surface area contributed by atoms with Gasteiger partial charge in [-0.15, -0.1) is 12.4 Å². The van der Waals surface area contributed by atoms with E-state index in [1.54, 1.807) is 12.1 Å². The molecule has 0 amide bonds. The minimum atomic E-state index is -0.155. The van der Waals surface area contributed by atoms with Crippen LogP contribution in [0.1, 0.15) is 38.3 Å². The summed E-state index contributed by atoms with van der Waals surface area (Å²) in [5.41, 5.74) is 1.21. The fourth-order valence-corrected chi connectivity index (χ4v) is 2.91. The molecule has 2 rings (SSSR count). The summed E-state index contributed by atoms with van der Waals surface area (Å²) >= 11 is 0. The number of nitrogens with one attached hydrogen (secondary N) is 1. The van der Waals surface area contributed by atoms with Gasteiger partial charge in [-0.2, -0.15) is 0 Å². The van der Waals surface area contributed by atoms with Crippen LogP contribution in [0.5, 0.6) is 0 Å². The van der Waals surface area contributed by atoms with Crippen LogP contribution in [0.25, 0.3) is 0 Å². The number of rotatable bonds is 5. The second-order valence-corrected chi connectivity index (χ2v) is 5.51. The molecule has 0 saturated carbocycles. The lowest BCUT2D eigenvalue weighted by molar-refractivity contribution is 0.168. The van der Waals surface area contributed by atoms with Gasteiger partial charge in [0.2, 0.25) is 0 Å². The highest BCUT2D eigenvalue weighted by molar-refractivity contribution is 5.85. The Kier molecular flexibility index (Phi) is 7.49. The molecule has 0 bridgehead atoms. The molecule has 1 heterocycles. The Morgan fingerprint density at radius 3 is 2.40 bits per heavy atom. The molecule has 4 heteroatoms. The Balaban J connectivity index is 0.00000200. The molecule has 1 aromatic carbocycles. The summed E-state index contributed by atoms with van der Waals surface area (Å²) in [5.74, 6) is 0.640. The van der Waals surface area contributed by atoms with Crippen LogP contribution in [-0.2, 0) is 0 Å². The summed E-state index contributed by atoms with van der Waals surface area (Å²) in [6, 6.07) is 7.30. The van der Waals surface area contributed by atoms with Gasteiger partial charge in [0.15, 0.2) is 0 Å². The van der Waals surface area contributed by atoms with E-state index in [0.29, 0.717) is 6.04 Å². The van der Waals surface area contributed by atoms with E-state index in [0.717, 1.165) is 32.1 Å². The summed E-state index contributed by atoms with van der Waals surface area (Å²) in [7, 11) is 0. The lowest BCUT2D eigenvalue weighted by atomic mass is 9.96. The maximum Gasteiger partial charge on any atom is 0.123 e. The van der Waals surface area contributed by atoms with E-state index in [1.807, 2.05) is 12.1 Å². The van der Waals surface area contributed by atoms with Gasteiger partial charge >= 0.3 is 0 Å². The average Bonchev–Trinajstić information content (AvgIpc) is 2.46. The van der Waals surface area contributed by atoms with Crippen molar-refractivity contribution in [2.75, 3.05) is 26.2 Å². The van der Waals surface area contributed by atoms with Crippen molar-refractivity contribution in [2.45, 2.75) is 32.7 Å². The number of benzene rings is 1. The molecule has 0 spiro atoms. The molecule has 1 aliphatic heterocycles. The number of hydrogen-bond acceptors (Lipinski definition) is 2. The minimum Gasteiger partial charge on any atom is -0.317 e. The topological polar surface area (TPSA) is 15.3 Å². The molecule has 1 unspecified atom stereocenters. The third-order valence-electron chi connectivity index (χ3n) is 4.26. The van der Waals surface area contributed by atoms with Crippen molar-refractivity contribution in [3.63, 3.8) is 0 Å². The molecule has 0 radical (unpaired) electrons. The maximum absolute atomic E-state index is 13.0. The van der Waals surface area contributed by atoms with Gasteiger partial charge in [0.1, 0.15) is 5.82 Å². The first-order valence-corrected chi connectivity index (χ1v) is 7.41. The number of halogens is 2. The van der Waals surface area contributed by atoms with Crippen LogP contribution in [0.4, 0.5) is 4.39 Å². The standard InChI is InChI=1S/C16H25FN2.ClH/c1-3-19(12-14-8-10-18-11-9-14)13(2)15-4-6-16(17)7-5-15;/h4-7,13-14,18H,3,8-12H2,1-2H3;1H. The van der Waals surface area contributed by atoms with Gasteiger partial charge in [0, 0.05) is 12.6 Å². The number of piperidine rings is 1. The van der Waals surface area contributed by atoms with Crippen molar-refractivity contribution < 1.29 is 4.39 Å². The molecule has 1 N–H and O–H groups in total. The van der Waals surface area contributed by atoms with Crippen LogP contribution < -0.4 is 5.32 Å². The van der Waals surface area contributed by atoms with Crippen LogP contribution in [0.15, 0.2) is 24.3 Å². The summed E-state index contributed by atoms with van der Waals surface area (Å²) in [6.45, 7) is 8.92. The maximum atomic E-state index is 13.0. The SMILES string of the molecule is CCN(CC1CCNCC1)C(C)c1ccc(F)cc1.Cl. The molecule has 0 aromatic heterocycles. The Bertz CT molecular complexity index is 377. The van der Waals surface area contributed by atoms with E-state index < -0.39 is 0 Å². The van der Waals surface area contributed by atoms with Crippen molar-refractivity contribution in [3.05, 3.63) is 35.6 Å².